The van der Waals surface area contributed by atoms with E-state index >= 15 is 0 Å². The summed E-state index contributed by atoms with van der Waals surface area (Å²) in [4.78, 5) is 33.1. The number of nitro groups is 1. The first-order valence-corrected chi connectivity index (χ1v) is 6.57. The summed E-state index contributed by atoms with van der Waals surface area (Å²) in [7, 11) is 1.31. The van der Waals surface area contributed by atoms with Crippen LogP contribution in [0.5, 0.6) is 11.5 Å². The van der Waals surface area contributed by atoms with Gasteiger partial charge in [0.1, 0.15) is 0 Å². The van der Waals surface area contributed by atoms with Crippen molar-refractivity contribution < 1.29 is 24.2 Å². The third kappa shape index (κ3) is 3.74. The molecule has 21 heavy (non-hydrogen) atoms. The zero-order valence-electron chi connectivity index (χ0n) is 11.6. The van der Waals surface area contributed by atoms with Gasteiger partial charge in [0.05, 0.1) is 12.0 Å². The van der Waals surface area contributed by atoms with Gasteiger partial charge in [-0.1, -0.05) is 0 Å². The topological polar surface area (TPSA) is 91.1 Å². The van der Waals surface area contributed by atoms with Crippen molar-refractivity contribution in [2.75, 3.05) is 20.2 Å². The second kappa shape index (κ2) is 6.78. The molecule has 1 aliphatic heterocycles. The van der Waals surface area contributed by atoms with E-state index in [-0.39, 0.29) is 17.2 Å². The number of benzene rings is 1. The fourth-order valence-electron chi connectivity index (χ4n) is 2.07. The van der Waals surface area contributed by atoms with Crippen LogP contribution in [0.4, 0.5) is 10.5 Å². The van der Waals surface area contributed by atoms with Crippen molar-refractivity contribution in [2.45, 2.75) is 19.3 Å². The van der Waals surface area contributed by atoms with Crippen molar-refractivity contribution >= 4 is 11.8 Å². The molecule has 0 saturated carbocycles. The summed E-state index contributed by atoms with van der Waals surface area (Å²) in [6.45, 7) is 1.29. The highest BCUT2D eigenvalue weighted by Crippen LogP contribution is 2.30. The van der Waals surface area contributed by atoms with E-state index in [2.05, 4.69) is 0 Å². The Hall–Kier alpha value is -2.51. The van der Waals surface area contributed by atoms with Crippen LogP contribution >= 0.6 is 0 Å². The fourth-order valence-corrected chi connectivity index (χ4v) is 2.07. The Labute approximate surface area is 121 Å². The molecule has 2 rings (SSSR count). The smallest absolute Gasteiger partial charge is 0.452 e. The van der Waals surface area contributed by atoms with Gasteiger partial charge in [-0.05, 0) is 25.3 Å². The Bertz CT molecular complexity index is 527. The minimum atomic E-state index is -0.567. The molecule has 1 aliphatic rings. The second-order valence-corrected chi connectivity index (χ2v) is 4.57. The number of ether oxygens (including phenoxy) is 1. The Morgan fingerprint density at radius 1 is 1.29 bits per heavy atom. The number of nitrogens with zero attached hydrogens (tertiary/aromatic N) is 2. The van der Waals surface area contributed by atoms with Gasteiger partial charge in [-0.15, -0.1) is 0 Å². The molecule has 0 atom stereocenters. The van der Waals surface area contributed by atoms with Crippen LogP contribution in [0, 0.1) is 10.1 Å². The van der Waals surface area contributed by atoms with Gasteiger partial charge in [0.25, 0.3) is 0 Å². The molecule has 1 saturated heterocycles. The standard InChI is InChI=1S/C13H16N2O6/c1-19-12-9-10(5-6-11(12)15(17)18)20-21-13(16)14-7-3-2-4-8-14/h5-6,9H,2-4,7-8H2,1H3. The summed E-state index contributed by atoms with van der Waals surface area (Å²) < 4.78 is 4.90. The number of carbonyl (C=O) groups is 1. The number of amides is 1. The predicted octanol–water partition coefficient (Wildman–Crippen LogP) is 2.52. The van der Waals surface area contributed by atoms with Crippen molar-refractivity contribution in [1.82, 2.24) is 4.90 Å². The maximum atomic E-state index is 11.7. The SMILES string of the molecule is COc1cc(OOC(=O)N2CCCCC2)ccc1[N+](=O)[O-]. The number of piperidine rings is 1. The van der Waals surface area contributed by atoms with Crippen LogP contribution in [-0.2, 0) is 4.89 Å². The molecule has 0 unspecified atom stereocenters. The van der Waals surface area contributed by atoms with E-state index in [9.17, 15) is 14.9 Å². The third-order valence-corrected chi connectivity index (χ3v) is 3.17. The third-order valence-electron chi connectivity index (χ3n) is 3.17. The van der Waals surface area contributed by atoms with Crippen LogP contribution in [0.15, 0.2) is 18.2 Å². The molecule has 8 nitrogen and oxygen atoms in total. The van der Waals surface area contributed by atoms with Crippen molar-refractivity contribution in [3.05, 3.63) is 28.3 Å². The van der Waals surface area contributed by atoms with Crippen molar-refractivity contribution in [3.63, 3.8) is 0 Å². The lowest BCUT2D eigenvalue weighted by molar-refractivity contribution is -0.385. The number of rotatable bonds is 4. The average molecular weight is 296 g/mol. The summed E-state index contributed by atoms with van der Waals surface area (Å²) in [5, 5.41) is 10.8. The number of likely N-dealkylation sites (tertiary alicyclic amines) is 1. The van der Waals surface area contributed by atoms with Gasteiger partial charge < -0.3 is 9.64 Å². The zero-order chi connectivity index (χ0) is 15.2. The lowest BCUT2D eigenvalue weighted by atomic mass is 10.1. The molecule has 0 N–H and O–H groups in total. The molecule has 1 heterocycles. The molecule has 8 heteroatoms. The Morgan fingerprint density at radius 3 is 2.62 bits per heavy atom. The van der Waals surface area contributed by atoms with Crippen molar-refractivity contribution in [1.29, 1.82) is 0 Å². The van der Waals surface area contributed by atoms with Crippen molar-refractivity contribution in [2.24, 2.45) is 0 Å². The highest BCUT2D eigenvalue weighted by atomic mass is 17.2. The molecular weight excluding hydrogens is 280 g/mol. The molecule has 1 aromatic carbocycles. The summed E-state index contributed by atoms with van der Waals surface area (Å²) in [6.07, 6.45) is 2.43. The van der Waals surface area contributed by atoms with Gasteiger partial charge >= 0.3 is 11.8 Å². The minimum Gasteiger partial charge on any atom is -0.490 e. The van der Waals surface area contributed by atoms with E-state index in [0.717, 1.165) is 19.3 Å². The van der Waals surface area contributed by atoms with Gasteiger partial charge in [0, 0.05) is 25.2 Å². The maximum absolute atomic E-state index is 11.7. The molecule has 114 valence electrons. The van der Waals surface area contributed by atoms with Crippen LogP contribution in [0.2, 0.25) is 0 Å². The van der Waals surface area contributed by atoms with E-state index < -0.39 is 11.0 Å². The minimum absolute atomic E-state index is 0.0338. The Kier molecular flexibility index (Phi) is 4.81. The predicted molar refractivity (Wildman–Crippen MR) is 72.2 cm³/mol. The largest absolute Gasteiger partial charge is 0.490 e. The van der Waals surface area contributed by atoms with E-state index in [1.54, 1.807) is 4.90 Å². The maximum Gasteiger partial charge on any atom is 0.452 e. The van der Waals surface area contributed by atoms with Crippen LogP contribution in [0.3, 0.4) is 0 Å². The lowest BCUT2D eigenvalue weighted by Crippen LogP contribution is -2.36. The van der Waals surface area contributed by atoms with Gasteiger partial charge in [-0.3, -0.25) is 15.0 Å². The van der Waals surface area contributed by atoms with Crippen molar-refractivity contribution in [3.8, 4) is 11.5 Å². The van der Waals surface area contributed by atoms with Gasteiger partial charge in [-0.2, -0.15) is 0 Å². The van der Waals surface area contributed by atoms with E-state index in [4.69, 9.17) is 14.5 Å². The first kappa shape index (κ1) is 14.9. The molecule has 1 amide bonds. The number of methoxy groups -OCH3 is 1. The number of hydrogen-bond donors (Lipinski definition) is 0. The molecule has 1 fully saturated rings. The van der Waals surface area contributed by atoms with Gasteiger partial charge in [-0.25, -0.2) is 9.68 Å². The molecule has 0 aromatic heterocycles. The quantitative estimate of drug-likeness (QED) is 0.481. The number of nitro benzene ring substituents is 1. The van der Waals surface area contributed by atoms with E-state index in [0.29, 0.717) is 13.1 Å². The van der Waals surface area contributed by atoms with Crippen LogP contribution in [0.25, 0.3) is 0 Å². The van der Waals surface area contributed by atoms with E-state index in [1.165, 1.54) is 25.3 Å². The molecular formula is C13H16N2O6. The average Bonchev–Trinajstić information content (AvgIpc) is 2.52. The summed E-state index contributed by atoms with van der Waals surface area (Å²) >= 11 is 0. The van der Waals surface area contributed by atoms with Crippen LogP contribution in [-0.4, -0.2) is 36.1 Å². The first-order valence-electron chi connectivity index (χ1n) is 6.57. The Balaban J connectivity index is 1.96. The summed E-state index contributed by atoms with van der Waals surface area (Å²) in [6, 6.07) is 3.86. The normalized spacial score (nSPS) is 14.4. The molecule has 1 aromatic rings. The highest BCUT2D eigenvalue weighted by molar-refractivity contribution is 5.67. The van der Waals surface area contributed by atoms with Gasteiger partial charge in [0.15, 0.2) is 5.75 Å². The zero-order valence-corrected chi connectivity index (χ0v) is 11.6. The van der Waals surface area contributed by atoms with Crippen LogP contribution in [0.1, 0.15) is 19.3 Å². The van der Waals surface area contributed by atoms with Crippen LogP contribution < -0.4 is 9.62 Å². The lowest BCUT2D eigenvalue weighted by Gasteiger charge is -2.24. The van der Waals surface area contributed by atoms with E-state index in [1.807, 2.05) is 0 Å². The number of hydrogen-bond acceptors (Lipinski definition) is 6. The molecule has 0 radical (unpaired) electrons. The summed E-state index contributed by atoms with van der Waals surface area (Å²) in [5.74, 6) is 0.189. The monoisotopic (exact) mass is 296 g/mol. The van der Waals surface area contributed by atoms with Gasteiger partial charge in [0.2, 0.25) is 5.75 Å². The Morgan fingerprint density at radius 2 is 2.00 bits per heavy atom. The fraction of sp³-hybridized carbons (Fsp3) is 0.462. The molecule has 0 bridgehead atoms. The first-order chi connectivity index (χ1) is 10.1. The number of carbonyl (C=O) groups excluding carboxylic acids is 1. The molecule has 0 aliphatic carbocycles. The molecule has 0 spiro atoms. The highest BCUT2D eigenvalue weighted by Gasteiger charge is 2.20. The summed E-state index contributed by atoms with van der Waals surface area (Å²) in [5.41, 5.74) is -0.188. The second-order valence-electron chi connectivity index (χ2n) is 4.57.